The Morgan fingerprint density at radius 2 is 1.88 bits per heavy atom. The van der Waals surface area contributed by atoms with Gasteiger partial charge in [0.05, 0.1) is 17.7 Å². The molecule has 0 atom stereocenters. The number of likely N-dealkylation sites (tertiary alicyclic amines) is 1. The van der Waals surface area contributed by atoms with E-state index in [9.17, 15) is 14.7 Å². The third kappa shape index (κ3) is 4.02. The highest BCUT2D eigenvalue weighted by Gasteiger charge is 2.28. The number of nitrogens with zero attached hydrogens (tertiary/aromatic N) is 3. The lowest BCUT2D eigenvalue weighted by atomic mass is 9.90. The largest absolute Gasteiger partial charge is 0.478 e. The number of aromatic nitrogens is 2. The molecule has 1 N–H and O–H groups in total. The van der Waals surface area contributed by atoms with E-state index in [1.165, 1.54) is 6.20 Å². The number of carboxylic acids is 1. The van der Waals surface area contributed by atoms with E-state index in [4.69, 9.17) is 0 Å². The minimum absolute atomic E-state index is 0.0496. The van der Waals surface area contributed by atoms with Crippen LogP contribution in [0.4, 0.5) is 0 Å². The molecule has 1 amide bonds. The molecule has 6 nitrogen and oxygen atoms in total. The van der Waals surface area contributed by atoms with Crippen molar-refractivity contribution in [1.82, 2.24) is 14.9 Å². The van der Waals surface area contributed by atoms with Gasteiger partial charge in [0.1, 0.15) is 5.82 Å². The maximum Gasteiger partial charge on any atom is 0.339 e. The first-order valence-corrected chi connectivity index (χ1v) is 8.43. The number of aryl methyl sites for hydroxylation is 1. The minimum atomic E-state index is -1.00. The summed E-state index contributed by atoms with van der Waals surface area (Å²) in [6, 6.07) is 9.70. The van der Waals surface area contributed by atoms with Gasteiger partial charge >= 0.3 is 5.97 Å². The first-order valence-electron chi connectivity index (χ1n) is 8.43. The van der Waals surface area contributed by atoms with Gasteiger partial charge < -0.3 is 10.0 Å². The SMILES string of the molecule is Cc1ncc(C(=O)O)c(C2CCN(C(=O)Cc3ccccc3)CC2)n1. The van der Waals surface area contributed by atoms with E-state index in [1.54, 1.807) is 6.92 Å². The predicted molar refractivity (Wildman–Crippen MR) is 92.4 cm³/mol. The third-order valence-electron chi connectivity index (χ3n) is 4.60. The first-order chi connectivity index (χ1) is 12.0. The maximum atomic E-state index is 12.4. The summed E-state index contributed by atoms with van der Waals surface area (Å²) in [6.45, 7) is 3.00. The normalized spacial score (nSPS) is 15.2. The van der Waals surface area contributed by atoms with Crippen LogP contribution in [-0.4, -0.2) is 44.9 Å². The van der Waals surface area contributed by atoms with Gasteiger partial charge in [-0.3, -0.25) is 4.79 Å². The Morgan fingerprint density at radius 1 is 1.20 bits per heavy atom. The Hall–Kier alpha value is -2.76. The molecule has 1 fully saturated rings. The molecular weight excluding hydrogens is 318 g/mol. The van der Waals surface area contributed by atoms with Gasteiger partial charge in [-0.15, -0.1) is 0 Å². The molecule has 1 aliphatic heterocycles. The lowest BCUT2D eigenvalue weighted by Gasteiger charge is -2.32. The summed E-state index contributed by atoms with van der Waals surface area (Å²) in [7, 11) is 0. The fourth-order valence-electron chi connectivity index (χ4n) is 3.25. The Morgan fingerprint density at radius 3 is 2.52 bits per heavy atom. The van der Waals surface area contributed by atoms with Crippen molar-refractivity contribution in [1.29, 1.82) is 0 Å². The molecular formula is C19H21N3O3. The summed E-state index contributed by atoms with van der Waals surface area (Å²) in [4.78, 5) is 34.1. The Balaban J connectivity index is 1.65. The number of carboxylic acid groups (broad SMARTS) is 1. The third-order valence-corrected chi connectivity index (χ3v) is 4.60. The molecule has 0 bridgehead atoms. The Labute approximate surface area is 146 Å². The second-order valence-electron chi connectivity index (χ2n) is 6.34. The molecule has 0 aliphatic carbocycles. The predicted octanol–water partition coefficient (Wildman–Crippen LogP) is 2.43. The van der Waals surface area contributed by atoms with Gasteiger partial charge in [0.15, 0.2) is 0 Å². The van der Waals surface area contributed by atoms with Crippen molar-refractivity contribution in [3.8, 4) is 0 Å². The van der Waals surface area contributed by atoms with Crippen LogP contribution in [0.25, 0.3) is 0 Å². The van der Waals surface area contributed by atoms with Crippen LogP contribution in [0.15, 0.2) is 36.5 Å². The number of piperidine rings is 1. The average molecular weight is 339 g/mol. The lowest BCUT2D eigenvalue weighted by molar-refractivity contribution is -0.131. The summed E-state index contributed by atoms with van der Waals surface area (Å²) < 4.78 is 0. The minimum Gasteiger partial charge on any atom is -0.478 e. The van der Waals surface area contributed by atoms with Crippen LogP contribution in [0, 0.1) is 6.92 Å². The van der Waals surface area contributed by atoms with E-state index in [0.717, 1.165) is 18.4 Å². The van der Waals surface area contributed by atoms with E-state index in [-0.39, 0.29) is 17.4 Å². The van der Waals surface area contributed by atoms with Crippen LogP contribution >= 0.6 is 0 Å². The van der Waals surface area contributed by atoms with Crippen LogP contribution in [0.3, 0.4) is 0 Å². The molecule has 2 aromatic rings. The molecule has 130 valence electrons. The summed E-state index contributed by atoms with van der Waals surface area (Å²) in [5.41, 5.74) is 1.77. The number of benzene rings is 1. The molecule has 2 heterocycles. The number of carbonyl (C=O) groups excluding carboxylic acids is 1. The van der Waals surface area contributed by atoms with Crippen LogP contribution in [0.5, 0.6) is 0 Å². The second kappa shape index (κ2) is 7.42. The summed E-state index contributed by atoms with van der Waals surface area (Å²) in [5.74, 6) is -0.268. The van der Waals surface area contributed by atoms with Crippen molar-refractivity contribution in [3.63, 3.8) is 0 Å². The monoisotopic (exact) mass is 339 g/mol. The zero-order chi connectivity index (χ0) is 17.8. The van der Waals surface area contributed by atoms with Crippen molar-refractivity contribution < 1.29 is 14.7 Å². The van der Waals surface area contributed by atoms with Crippen molar-refractivity contribution in [2.24, 2.45) is 0 Å². The topological polar surface area (TPSA) is 83.4 Å². The summed E-state index contributed by atoms with van der Waals surface area (Å²) in [5, 5.41) is 9.35. The van der Waals surface area contributed by atoms with E-state index >= 15 is 0 Å². The van der Waals surface area contributed by atoms with E-state index in [2.05, 4.69) is 9.97 Å². The zero-order valence-electron chi connectivity index (χ0n) is 14.2. The van der Waals surface area contributed by atoms with Gasteiger partial charge in [-0.1, -0.05) is 30.3 Å². The van der Waals surface area contributed by atoms with Gasteiger partial charge in [-0.05, 0) is 25.3 Å². The molecule has 0 unspecified atom stereocenters. The molecule has 3 rings (SSSR count). The molecule has 0 saturated carbocycles. The highest BCUT2D eigenvalue weighted by molar-refractivity contribution is 5.88. The molecule has 1 aliphatic rings. The number of carbonyl (C=O) groups is 2. The van der Waals surface area contributed by atoms with Gasteiger partial charge in [0, 0.05) is 25.2 Å². The Kier molecular flexibility index (Phi) is 5.07. The molecule has 1 aromatic heterocycles. The second-order valence-corrected chi connectivity index (χ2v) is 6.34. The van der Waals surface area contributed by atoms with Gasteiger partial charge in [-0.25, -0.2) is 14.8 Å². The van der Waals surface area contributed by atoms with E-state index in [1.807, 2.05) is 35.2 Å². The van der Waals surface area contributed by atoms with Crippen LogP contribution < -0.4 is 0 Å². The maximum absolute atomic E-state index is 12.4. The molecule has 1 saturated heterocycles. The smallest absolute Gasteiger partial charge is 0.339 e. The summed E-state index contributed by atoms with van der Waals surface area (Å²) in [6.07, 6.45) is 3.22. The average Bonchev–Trinajstić information content (AvgIpc) is 2.62. The van der Waals surface area contributed by atoms with Gasteiger partial charge in [-0.2, -0.15) is 0 Å². The number of amides is 1. The van der Waals surface area contributed by atoms with Crippen molar-refractivity contribution in [2.75, 3.05) is 13.1 Å². The van der Waals surface area contributed by atoms with Crippen LogP contribution in [0.2, 0.25) is 0 Å². The molecule has 0 radical (unpaired) electrons. The van der Waals surface area contributed by atoms with E-state index < -0.39 is 5.97 Å². The fourth-order valence-corrected chi connectivity index (χ4v) is 3.25. The van der Waals surface area contributed by atoms with Crippen LogP contribution in [0.1, 0.15) is 46.2 Å². The first kappa shape index (κ1) is 17.1. The Bertz CT molecular complexity index is 769. The summed E-state index contributed by atoms with van der Waals surface area (Å²) >= 11 is 0. The van der Waals surface area contributed by atoms with Crippen molar-refractivity contribution in [3.05, 3.63) is 59.2 Å². The lowest BCUT2D eigenvalue weighted by Crippen LogP contribution is -2.39. The van der Waals surface area contributed by atoms with Crippen molar-refractivity contribution >= 4 is 11.9 Å². The number of hydrogen-bond donors (Lipinski definition) is 1. The molecule has 6 heteroatoms. The molecule has 0 spiro atoms. The van der Waals surface area contributed by atoms with E-state index in [0.29, 0.717) is 31.0 Å². The number of hydrogen-bond acceptors (Lipinski definition) is 4. The number of rotatable bonds is 4. The highest BCUT2D eigenvalue weighted by atomic mass is 16.4. The highest BCUT2D eigenvalue weighted by Crippen LogP contribution is 2.29. The molecule has 25 heavy (non-hydrogen) atoms. The number of aromatic carboxylic acids is 1. The zero-order valence-corrected chi connectivity index (χ0v) is 14.2. The quantitative estimate of drug-likeness (QED) is 0.925. The molecule has 1 aromatic carbocycles. The van der Waals surface area contributed by atoms with Gasteiger partial charge in [0.2, 0.25) is 5.91 Å². The fraction of sp³-hybridized carbons (Fsp3) is 0.368. The van der Waals surface area contributed by atoms with Gasteiger partial charge in [0.25, 0.3) is 0 Å². The van der Waals surface area contributed by atoms with Crippen molar-refractivity contribution in [2.45, 2.75) is 32.1 Å². The van der Waals surface area contributed by atoms with Crippen LogP contribution in [-0.2, 0) is 11.2 Å². The standard InChI is InChI=1S/C19H21N3O3/c1-13-20-12-16(19(24)25)18(21-13)15-7-9-22(10-8-15)17(23)11-14-5-3-2-4-6-14/h2-6,12,15H,7-11H2,1H3,(H,24,25).